The first-order valence-corrected chi connectivity index (χ1v) is 20.6. The van der Waals surface area contributed by atoms with Gasteiger partial charge in [-0.05, 0) is 74.3 Å². The minimum absolute atomic E-state index is 0.156. The number of hydrogen-bond acceptors (Lipinski definition) is 7. The number of aliphatic hydroxyl groups excluding tert-OH is 1. The van der Waals surface area contributed by atoms with Crippen molar-refractivity contribution >= 4 is 40.0 Å². The van der Waals surface area contributed by atoms with Gasteiger partial charge in [0.1, 0.15) is 18.7 Å². The Morgan fingerprint density at radius 3 is 2.45 bits per heavy atom. The van der Waals surface area contributed by atoms with E-state index in [1.54, 1.807) is 54.9 Å². The predicted molar refractivity (Wildman–Crippen MR) is 185 cm³/mol. The van der Waals surface area contributed by atoms with E-state index >= 15 is 0 Å². The zero-order valence-electron chi connectivity index (χ0n) is 27.4. The Morgan fingerprint density at radius 1 is 1.04 bits per heavy atom. The van der Waals surface area contributed by atoms with E-state index in [1.165, 1.54) is 3.97 Å². The van der Waals surface area contributed by atoms with E-state index < -0.39 is 24.2 Å². The van der Waals surface area contributed by atoms with Crippen molar-refractivity contribution in [2.24, 2.45) is 0 Å². The van der Waals surface area contributed by atoms with Gasteiger partial charge < -0.3 is 14.4 Å². The van der Waals surface area contributed by atoms with E-state index in [-0.39, 0.29) is 11.6 Å². The molecular weight excluding hydrogens is 629 g/mol. The lowest BCUT2D eigenvalue weighted by molar-refractivity contribution is 0.0815. The van der Waals surface area contributed by atoms with Crippen molar-refractivity contribution in [1.82, 2.24) is 23.7 Å². The van der Waals surface area contributed by atoms with E-state index in [2.05, 4.69) is 35.9 Å². The maximum Gasteiger partial charge on any atom is 0.268 e. The zero-order valence-corrected chi connectivity index (χ0v) is 29.2. The number of H-pyrrole nitrogens is 1. The fourth-order valence-electron chi connectivity index (χ4n) is 6.00. The van der Waals surface area contributed by atoms with Gasteiger partial charge in [-0.15, -0.1) is 0 Å². The van der Waals surface area contributed by atoms with Crippen molar-refractivity contribution in [2.75, 3.05) is 6.61 Å². The van der Waals surface area contributed by atoms with Crippen LogP contribution in [0, 0.1) is 32.1 Å². The number of imidazole rings is 1. The minimum atomic E-state index is -4.03. The molecule has 0 aliphatic rings. The topological polar surface area (TPSA) is 139 Å². The number of ether oxygens (including phenoxy) is 1. The number of fused-ring (bicyclic) bond motifs is 2. The van der Waals surface area contributed by atoms with E-state index in [0.717, 1.165) is 28.3 Å². The minimum Gasteiger partial charge on any atom is -0.380 e. The molecular formula is C35H38N6O4SSi. The lowest BCUT2D eigenvalue weighted by Gasteiger charge is -2.20. The number of rotatable bonds is 10. The lowest BCUT2D eigenvalue weighted by Crippen LogP contribution is -2.22. The molecule has 242 valence electrons. The number of aromatic amines is 1. The van der Waals surface area contributed by atoms with Gasteiger partial charge >= 0.3 is 0 Å². The van der Waals surface area contributed by atoms with Crippen LogP contribution in [0.5, 0.6) is 0 Å². The highest BCUT2D eigenvalue weighted by atomic mass is 32.2. The molecule has 2 N–H and O–H groups in total. The second-order valence-corrected chi connectivity index (χ2v) is 20.7. The van der Waals surface area contributed by atoms with Crippen LogP contribution in [0.2, 0.25) is 25.7 Å². The van der Waals surface area contributed by atoms with Crippen molar-refractivity contribution in [3.8, 4) is 17.3 Å². The van der Waals surface area contributed by atoms with Crippen molar-refractivity contribution in [2.45, 2.75) is 64.2 Å². The molecule has 1 unspecified atom stereocenters. The monoisotopic (exact) mass is 666 g/mol. The number of benzene rings is 3. The van der Waals surface area contributed by atoms with E-state index in [4.69, 9.17) is 9.72 Å². The Morgan fingerprint density at radius 2 is 1.79 bits per heavy atom. The summed E-state index contributed by atoms with van der Waals surface area (Å²) in [4.78, 5) is 5.00. The van der Waals surface area contributed by atoms with Gasteiger partial charge in [0, 0.05) is 43.6 Å². The SMILES string of the molecule is Cc1ccc(S(=O)(=O)n2cc(-c3ccn[nH]3)c3c(C(O)c4nc5cc(C#N)ccc5n4COCC[Si](C)(C)C)c(C)cc(C)c32)cc1. The third-order valence-corrected chi connectivity index (χ3v) is 11.9. The van der Waals surface area contributed by atoms with Crippen LogP contribution in [-0.2, 0) is 21.5 Å². The fourth-order valence-corrected chi connectivity index (χ4v) is 8.18. The summed E-state index contributed by atoms with van der Waals surface area (Å²) < 4.78 is 37.7. The first kappa shape index (κ1) is 32.4. The summed E-state index contributed by atoms with van der Waals surface area (Å²) in [7, 11) is -5.37. The standard InChI is InChI=1S/C35H38N6O4SSi/c1-22-7-10-26(11-8-22)46(43,44)41-20-27(28-13-14-37-39-28)32-31(23(2)17-24(3)33(32)41)34(42)35-38-29-18-25(19-36)9-12-30(29)40(35)21-45-15-16-47(4,5)6/h7-14,17-18,20,34,42H,15-16,21H2,1-6H3,(H,37,39). The highest BCUT2D eigenvalue weighted by Gasteiger charge is 2.30. The van der Waals surface area contributed by atoms with Crippen LogP contribution >= 0.6 is 0 Å². The molecule has 10 nitrogen and oxygen atoms in total. The molecule has 0 fully saturated rings. The van der Waals surface area contributed by atoms with Crippen LogP contribution in [-0.4, -0.2) is 51.9 Å². The molecule has 3 aromatic heterocycles. The second kappa shape index (κ2) is 12.2. The first-order valence-electron chi connectivity index (χ1n) is 15.4. The van der Waals surface area contributed by atoms with Crippen molar-refractivity contribution < 1.29 is 18.3 Å². The molecule has 0 aliphatic heterocycles. The Hall–Kier alpha value is -4.54. The van der Waals surface area contributed by atoms with Crippen LogP contribution < -0.4 is 0 Å². The van der Waals surface area contributed by atoms with Crippen LogP contribution in [0.15, 0.2) is 71.9 Å². The van der Waals surface area contributed by atoms with Gasteiger partial charge in [0.2, 0.25) is 0 Å². The number of aryl methyl sites for hydroxylation is 3. The molecule has 6 rings (SSSR count). The number of aliphatic hydroxyl groups is 1. The lowest BCUT2D eigenvalue weighted by atomic mass is 9.93. The van der Waals surface area contributed by atoms with Crippen molar-refractivity contribution in [1.29, 1.82) is 5.26 Å². The molecule has 0 bridgehead atoms. The smallest absolute Gasteiger partial charge is 0.268 e. The summed E-state index contributed by atoms with van der Waals surface area (Å²) in [5, 5.41) is 29.6. The second-order valence-electron chi connectivity index (χ2n) is 13.2. The molecule has 6 aromatic rings. The molecule has 0 amide bonds. The highest BCUT2D eigenvalue weighted by molar-refractivity contribution is 7.90. The van der Waals surface area contributed by atoms with Crippen LogP contribution in [0.4, 0.5) is 0 Å². The van der Waals surface area contributed by atoms with Crippen molar-refractivity contribution in [3.63, 3.8) is 0 Å². The molecule has 0 spiro atoms. The van der Waals surface area contributed by atoms with Crippen molar-refractivity contribution in [3.05, 3.63) is 101 Å². The number of nitrogens with zero attached hydrogens (tertiary/aromatic N) is 5. The number of nitrogens with one attached hydrogen (secondary N) is 1. The Labute approximate surface area is 275 Å². The molecule has 0 radical (unpaired) electrons. The van der Waals surface area contributed by atoms with E-state index in [0.29, 0.717) is 51.2 Å². The van der Waals surface area contributed by atoms with E-state index in [9.17, 15) is 18.8 Å². The van der Waals surface area contributed by atoms with Gasteiger partial charge in [0.15, 0.2) is 0 Å². The van der Waals surface area contributed by atoms with E-state index in [1.807, 2.05) is 37.5 Å². The molecule has 1 atom stereocenters. The third-order valence-electron chi connectivity index (χ3n) is 8.48. The third kappa shape index (κ3) is 6.03. The quantitative estimate of drug-likeness (QED) is 0.121. The highest BCUT2D eigenvalue weighted by Crippen LogP contribution is 2.42. The Balaban J connectivity index is 1.58. The average Bonchev–Trinajstić information content (AvgIpc) is 3.76. The summed E-state index contributed by atoms with van der Waals surface area (Å²) in [6.45, 7) is 13.3. The van der Waals surface area contributed by atoms with Crippen LogP contribution in [0.1, 0.15) is 39.7 Å². The number of hydrogen-bond donors (Lipinski definition) is 2. The summed E-state index contributed by atoms with van der Waals surface area (Å²) >= 11 is 0. The summed E-state index contributed by atoms with van der Waals surface area (Å²) in [6, 6.07) is 18.8. The number of aromatic nitrogens is 5. The maximum absolute atomic E-state index is 14.2. The van der Waals surface area contributed by atoms with Gasteiger partial charge in [-0.25, -0.2) is 17.4 Å². The molecule has 0 saturated heterocycles. The normalized spacial score (nSPS) is 13.0. The van der Waals surface area contributed by atoms with Gasteiger partial charge in [-0.3, -0.25) is 5.10 Å². The molecule has 3 aromatic carbocycles. The van der Waals surface area contributed by atoms with Gasteiger partial charge in [0.25, 0.3) is 10.0 Å². The first-order chi connectivity index (χ1) is 22.3. The summed E-state index contributed by atoms with van der Waals surface area (Å²) in [5.41, 5.74) is 6.34. The average molecular weight is 667 g/mol. The van der Waals surface area contributed by atoms with Gasteiger partial charge in [-0.1, -0.05) is 43.4 Å². The summed E-state index contributed by atoms with van der Waals surface area (Å²) in [6.07, 6.45) is 1.93. The van der Waals surface area contributed by atoms with Crippen LogP contribution in [0.25, 0.3) is 33.2 Å². The largest absolute Gasteiger partial charge is 0.380 e. The molecule has 12 heteroatoms. The Bertz CT molecular complexity index is 2260. The van der Waals surface area contributed by atoms with Gasteiger partial charge in [-0.2, -0.15) is 10.4 Å². The molecule has 3 heterocycles. The molecule has 0 saturated carbocycles. The molecule has 0 aliphatic carbocycles. The summed E-state index contributed by atoms with van der Waals surface area (Å²) in [5.74, 6) is 0.334. The maximum atomic E-state index is 14.2. The number of nitriles is 1. The fraction of sp³-hybridized carbons (Fsp3) is 0.286. The van der Waals surface area contributed by atoms with Crippen LogP contribution in [0.3, 0.4) is 0 Å². The predicted octanol–water partition coefficient (Wildman–Crippen LogP) is 6.81. The zero-order chi connectivity index (χ0) is 33.7. The molecule has 47 heavy (non-hydrogen) atoms. The Kier molecular flexibility index (Phi) is 8.44. The van der Waals surface area contributed by atoms with Gasteiger partial charge in [0.05, 0.1) is 38.8 Å².